The molecule has 10 heteroatoms. The Balaban J connectivity index is 1.51. The molecule has 0 spiro atoms. The number of urea groups is 1. The monoisotopic (exact) mass is 554 g/mol. The maximum Gasteiger partial charge on any atom is 0.373 e. The number of nitrogens with one attached hydrogen (secondary N) is 1. The number of halogens is 1. The molecule has 4 rings (SSSR count). The van der Waals surface area contributed by atoms with Crippen molar-refractivity contribution in [3.8, 4) is 11.5 Å². The number of hydrogen-bond donors (Lipinski definition) is 1. The number of ether oxygens (including phenoxy) is 3. The molecule has 1 aliphatic rings. The average Bonchev–Trinajstić information content (AvgIpc) is 3.43. The second-order valence-electron chi connectivity index (χ2n) is 7.95. The van der Waals surface area contributed by atoms with Gasteiger partial charge in [-0.05, 0) is 64.3 Å². The van der Waals surface area contributed by atoms with Gasteiger partial charge in [0.2, 0.25) is 5.76 Å². The van der Waals surface area contributed by atoms with E-state index in [0.717, 1.165) is 16.0 Å². The largest absolute Gasteiger partial charge is 0.493 e. The summed E-state index contributed by atoms with van der Waals surface area (Å²) < 4.78 is 22.1. The van der Waals surface area contributed by atoms with Crippen LogP contribution in [0.4, 0.5) is 4.79 Å². The van der Waals surface area contributed by atoms with Gasteiger partial charge in [0.25, 0.3) is 5.91 Å². The summed E-state index contributed by atoms with van der Waals surface area (Å²) in [5.74, 6) is 0.0413. The van der Waals surface area contributed by atoms with Crippen molar-refractivity contribution in [3.63, 3.8) is 0 Å². The van der Waals surface area contributed by atoms with Crippen LogP contribution in [0.1, 0.15) is 33.0 Å². The summed E-state index contributed by atoms with van der Waals surface area (Å²) in [7, 11) is 2.75. The highest BCUT2D eigenvalue weighted by molar-refractivity contribution is 9.10. The molecule has 1 fully saturated rings. The summed E-state index contributed by atoms with van der Waals surface area (Å²) in [6.07, 6.45) is 1.54. The summed E-state index contributed by atoms with van der Waals surface area (Å²) in [5.41, 5.74) is 2.85. The van der Waals surface area contributed by atoms with Gasteiger partial charge in [-0.15, -0.1) is 0 Å². The first-order valence-electron chi connectivity index (χ1n) is 10.9. The third-order valence-corrected chi connectivity index (χ3v) is 5.94. The maximum atomic E-state index is 12.9. The summed E-state index contributed by atoms with van der Waals surface area (Å²) in [6.45, 7) is 2.23. The van der Waals surface area contributed by atoms with E-state index in [1.54, 1.807) is 18.2 Å². The minimum Gasteiger partial charge on any atom is -0.493 e. The van der Waals surface area contributed by atoms with Crippen LogP contribution in [-0.2, 0) is 22.7 Å². The van der Waals surface area contributed by atoms with Crippen molar-refractivity contribution in [1.29, 1.82) is 0 Å². The zero-order valence-electron chi connectivity index (χ0n) is 19.8. The fourth-order valence-corrected chi connectivity index (χ4v) is 4.21. The Morgan fingerprint density at radius 1 is 1.14 bits per heavy atom. The Labute approximate surface area is 215 Å². The number of imide groups is 1. The Morgan fingerprint density at radius 2 is 1.94 bits per heavy atom. The number of hydrogen-bond acceptors (Lipinski definition) is 7. The molecular formula is C26H23BrN2O7. The lowest BCUT2D eigenvalue weighted by Crippen LogP contribution is -2.30. The number of carbonyl (C=O) groups is 3. The number of amides is 3. The number of carbonyl (C=O) groups excluding carboxylic acids is 3. The number of esters is 1. The molecular weight excluding hydrogens is 532 g/mol. The van der Waals surface area contributed by atoms with Gasteiger partial charge in [0.15, 0.2) is 11.5 Å². The number of rotatable bonds is 8. The highest BCUT2D eigenvalue weighted by Crippen LogP contribution is 2.38. The molecule has 186 valence electrons. The molecule has 3 amide bonds. The first kappa shape index (κ1) is 25.1. The maximum absolute atomic E-state index is 12.9. The van der Waals surface area contributed by atoms with Crippen LogP contribution in [0.25, 0.3) is 6.08 Å². The van der Waals surface area contributed by atoms with Crippen LogP contribution in [0, 0.1) is 6.92 Å². The lowest BCUT2D eigenvalue weighted by atomic mass is 10.1. The van der Waals surface area contributed by atoms with Crippen molar-refractivity contribution in [2.45, 2.75) is 20.1 Å². The van der Waals surface area contributed by atoms with Gasteiger partial charge in [-0.25, -0.2) is 9.59 Å². The molecule has 0 bridgehead atoms. The average molecular weight is 555 g/mol. The van der Waals surface area contributed by atoms with E-state index in [1.165, 1.54) is 26.4 Å². The molecule has 1 N–H and O–H groups in total. The van der Waals surface area contributed by atoms with Gasteiger partial charge in [-0.2, -0.15) is 0 Å². The molecule has 0 unspecified atom stereocenters. The Kier molecular flexibility index (Phi) is 7.44. The van der Waals surface area contributed by atoms with Crippen molar-refractivity contribution in [3.05, 3.63) is 86.9 Å². The third kappa shape index (κ3) is 5.44. The lowest BCUT2D eigenvalue weighted by molar-refractivity contribution is -0.123. The van der Waals surface area contributed by atoms with Crippen LogP contribution < -0.4 is 14.8 Å². The second kappa shape index (κ2) is 10.7. The van der Waals surface area contributed by atoms with Crippen molar-refractivity contribution < 1.29 is 33.0 Å². The number of aryl methyl sites for hydroxylation is 1. The Morgan fingerprint density at radius 3 is 2.67 bits per heavy atom. The number of methoxy groups -OCH3 is 2. The fraction of sp³-hybridized carbons (Fsp3) is 0.192. The van der Waals surface area contributed by atoms with Gasteiger partial charge >= 0.3 is 12.0 Å². The zero-order chi connectivity index (χ0) is 25.8. The number of furan rings is 1. The van der Waals surface area contributed by atoms with Crippen molar-refractivity contribution >= 4 is 39.9 Å². The van der Waals surface area contributed by atoms with Gasteiger partial charge in [0.1, 0.15) is 18.1 Å². The van der Waals surface area contributed by atoms with Crippen molar-refractivity contribution in [2.75, 3.05) is 14.2 Å². The van der Waals surface area contributed by atoms with Crippen LogP contribution in [-0.4, -0.2) is 37.0 Å². The minimum atomic E-state index is -0.648. The smallest absolute Gasteiger partial charge is 0.373 e. The minimum absolute atomic E-state index is 0.0167. The highest BCUT2D eigenvalue weighted by Gasteiger charge is 2.34. The first-order chi connectivity index (χ1) is 17.3. The highest BCUT2D eigenvalue weighted by atomic mass is 79.9. The molecule has 1 saturated heterocycles. The Hall–Kier alpha value is -4.05. The molecule has 1 aliphatic heterocycles. The van der Waals surface area contributed by atoms with E-state index in [0.29, 0.717) is 28.1 Å². The molecule has 0 atom stereocenters. The summed E-state index contributed by atoms with van der Waals surface area (Å²) in [4.78, 5) is 37.9. The SMILES string of the molecule is COC(=O)c1ccc(CN2C(=O)N/C(=C\c3cc(Br)c(OCc4cccc(C)c4)c(OC)c3)C2=O)o1. The van der Waals surface area contributed by atoms with E-state index < -0.39 is 17.9 Å². The second-order valence-corrected chi connectivity index (χ2v) is 8.80. The molecule has 1 aromatic heterocycles. The summed E-state index contributed by atoms with van der Waals surface area (Å²) in [6, 6.07) is 13.8. The normalized spacial score (nSPS) is 14.2. The van der Waals surface area contributed by atoms with Crippen LogP contribution in [0.5, 0.6) is 11.5 Å². The molecule has 0 aliphatic carbocycles. The lowest BCUT2D eigenvalue weighted by Gasteiger charge is -2.14. The topological polar surface area (TPSA) is 107 Å². The van der Waals surface area contributed by atoms with Gasteiger partial charge < -0.3 is 23.9 Å². The van der Waals surface area contributed by atoms with Gasteiger partial charge in [-0.3, -0.25) is 9.69 Å². The van der Waals surface area contributed by atoms with Gasteiger partial charge in [0, 0.05) is 0 Å². The fourth-order valence-electron chi connectivity index (χ4n) is 3.63. The molecule has 2 aromatic carbocycles. The quantitative estimate of drug-likeness (QED) is 0.241. The van der Waals surface area contributed by atoms with Crippen LogP contribution in [0.2, 0.25) is 0 Å². The number of nitrogens with zero attached hydrogens (tertiary/aromatic N) is 1. The predicted octanol–water partition coefficient (Wildman–Crippen LogP) is 4.82. The molecule has 9 nitrogen and oxygen atoms in total. The van der Waals surface area contributed by atoms with Crippen LogP contribution >= 0.6 is 15.9 Å². The summed E-state index contributed by atoms with van der Waals surface area (Å²) in [5, 5.41) is 2.56. The van der Waals surface area contributed by atoms with E-state index in [9.17, 15) is 14.4 Å². The zero-order valence-corrected chi connectivity index (χ0v) is 21.4. The third-order valence-electron chi connectivity index (χ3n) is 5.35. The number of benzene rings is 2. The molecule has 0 saturated carbocycles. The van der Waals surface area contributed by atoms with Crippen molar-refractivity contribution in [1.82, 2.24) is 10.2 Å². The predicted molar refractivity (Wildman–Crippen MR) is 133 cm³/mol. The molecule has 0 radical (unpaired) electrons. The standard InChI is InChI=1S/C26H23BrN2O7/c1-15-5-4-6-16(9-15)14-35-23-19(27)10-17(12-22(23)33-2)11-20-24(30)29(26(32)28-20)13-18-7-8-21(36-18)25(31)34-3/h4-12H,13-14H2,1-3H3,(H,28,32)/b20-11-. The molecule has 36 heavy (non-hydrogen) atoms. The van der Waals surface area contributed by atoms with Gasteiger partial charge in [0.05, 0.1) is 25.2 Å². The Bertz CT molecular complexity index is 1360. The summed E-state index contributed by atoms with van der Waals surface area (Å²) >= 11 is 3.51. The van der Waals surface area contributed by atoms with E-state index in [-0.39, 0.29) is 23.8 Å². The molecule has 2 heterocycles. The van der Waals surface area contributed by atoms with E-state index in [2.05, 4.69) is 26.0 Å². The van der Waals surface area contributed by atoms with E-state index in [1.807, 2.05) is 31.2 Å². The van der Waals surface area contributed by atoms with Crippen LogP contribution in [0.3, 0.4) is 0 Å². The molecule has 3 aromatic rings. The van der Waals surface area contributed by atoms with Crippen molar-refractivity contribution in [2.24, 2.45) is 0 Å². The van der Waals surface area contributed by atoms with Gasteiger partial charge in [-0.1, -0.05) is 29.8 Å². The van der Waals surface area contributed by atoms with Crippen LogP contribution in [0.15, 0.2) is 63.1 Å². The van der Waals surface area contributed by atoms with E-state index in [4.69, 9.17) is 13.9 Å². The first-order valence-corrected chi connectivity index (χ1v) is 11.7. The van der Waals surface area contributed by atoms with E-state index >= 15 is 0 Å².